The maximum atomic E-state index is 6.10. The number of ether oxygens (including phenoxy) is 7. The van der Waals surface area contributed by atoms with Gasteiger partial charge in [0.1, 0.15) is 0 Å². The molecule has 7 nitrogen and oxygen atoms in total. The Morgan fingerprint density at radius 3 is 1.63 bits per heavy atom. The summed E-state index contributed by atoms with van der Waals surface area (Å²) in [7, 11) is 0. The maximum Gasteiger partial charge on any atom is 0.0704 e. The van der Waals surface area contributed by atoms with Crippen molar-refractivity contribution < 1.29 is 33.2 Å². The van der Waals surface area contributed by atoms with Gasteiger partial charge < -0.3 is 33.2 Å². The molecule has 3 unspecified atom stereocenters. The summed E-state index contributed by atoms with van der Waals surface area (Å²) in [5.74, 6) is 0. The van der Waals surface area contributed by atoms with Gasteiger partial charge in [0, 0.05) is 13.2 Å². The van der Waals surface area contributed by atoms with Crippen LogP contribution in [-0.2, 0) is 33.2 Å². The molecule has 182 valence electrons. The second-order valence-electron chi connectivity index (χ2n) is 7.47. The van der Waals surface area contributed by atoms with E-state index in [0.29, 0.717) is 59.5 Å². The SMILES string of the molecule is CCOCCOCCOC(C)CC(CC(CC)OCCOC(C)C)OCCOCC. The first-order valence-electron chi connectivity index (χ1n) is 11.7. The summed E-state index contributed by atoms with van der Waals surface area (Å²) < 4.78 is 39.8. The maximum absolute atomic E-state index is 6.10. The molecule has 0 saturated carbocycles. The van der Waals surface area contributed by atoms with Crippen LogP contribution in [0.1, 0.15) is 60.8 Å². The minimum absolute atomic E-state index is 0.0651. The Balaban J connectivity index is 4.28. The molecule has 0 aliphatic rings. The Labute approximate surface area is 185 Å². The molecule has 0 aromatic heterocycles. The molecule has 0 bridgehead atoms. The highest BCUT2D eigenvalue weighted by Crippen LogP contribution is 2.16. The second kappa shape index (κ2) is 21.9. The van der Waals surface area contributed by atoms with Gasteiger partial charge in [-0.15, -0.1) is 0 Å². The molecule has 30 heavy (non-hydrogen) atoms. The normalized spacial score (nSPS) is 14.9. The van der Waals surface area contributed by atoms with Gasteiger partial charge in [0.15, 0.2) is 0 Å². The number of hydrogen-bond donors (Lipinski definition) is 0. The minimum atomic E-state index is 0.0651. The van der Waals surface area contributed by atoms with Crippen molar-refractivity contribution in [2.45, 2.75) is 85.2 Å². The molecular formula is C23H48O7. The molecule has 0 spiro atoms. The predicted octanol–water partition coefficient (Wildman–Crippen LogP) is 3.87. The summed E-state index contributed by atoms with van der Waals surface area (Å²) in [6.45, 7) is 18.5. The van der Waals surface area contributed by atoms with Crippen LogP contribution in [0.25, 0.3) is 0 Å². The molecule has 0 saturated heterocycles. The topological polar surface area (TPSA) is 64.6 Å². The fraction of sp³-hybridized carbons (Fsp3) is 1.00. The summed E-state index contributed by atoms with van der Waals surface area (Å²) in [5.41, 5.74) is 0. The zero-order valence-corrected chi connectivity index (χ0v) is 20.4. The van der Waals surface area contributed by atoms with Gasteiger partial charge in [0.05, 0.1) is 77.3 Å². The van der Waals surface area contributed by atoms with E-state index >= 15 is 0 Å². The third kappa shape index (κ3) is 19.7. The van der Waals surface area contributed by atoms with Gasteiger partial charge in [0.2, 0.25) is 0 Å². The lowest BCUT2D eigenvalue weighted by Gasteiger charge is -2.26. The smallest absolute Gasteiger partial charge is 0.0704 e. The average molecular weight is 437 g/mol. The molecule has 0 heterocycles. The molecule has 0 aliphatic carbocycles. The van der Waals surface area contributed by atoms with Crippen LogP contribution < -0.4 is 0 Å². The molecule has 0 aromatic rings. The van der Waals surface area contributed by atoms with E-state index in [1.165, 1.54) is 0 Å². The minimum Gasteiger partial charge on any atom is -0.379 e. The van der Waals surface area contributed by atoms with Crippen LogP contribution in [0.4, 0.5) is 0 Å². The Morgan fingerprint density at radius 1 is 0.500 bits per heavy atom. The van der Waals surface area contributed by atoms with Crippen molar-refractivity contribution in [3.8, 4) is 0 Å². The van der Waals surface area contributed by atoms with Crippen LogP contribution >= 0.6 is 0 Å². The number of hydrogen-bond acceptors (Lipinski definition) is 7. The average Bonchev–Trinajstić information content (AvgIpc) is 2.72. The van der Waals surface area contributed by atoms with E-state index < -0.39 is 0 Å². The fourth-order valence-corrected chi connectivity index (χ4v) is 2.91. The zero-order chi connectivity index (χ0) is 22.5. The van der Waals surface area contributed by atoms with Crippen LogP contribution in [0.2, 0.25) is 0 Å². The second-order valence-corrected chi connectivity index (χ2v) is 7.47. The highest BCUT2D eigenvalue weighted by Gasteiger charge is 2.20. The van der Waals surface area contributed by atoms with Gasteiger partial charge in [-0.05, 0) is 53.9 Å². The molecule has 0 aliphatic heterocycles. The standard InChI is InChI=1S/C23H48O7/c1-7-22(29-17-16-27-20(4)5)19-23(30-15-12-25-9-3)18-21(6)28-14-13-26-11-10-24-8-2/h20-23H,7-19H2,1-6H3. The first-order chi connectivity index (χ1) is 14.5. The summed E-state index contributed by atoms with van der Waals surface area (Å²) in [4.78, 5) is 0. The van der Waals surface area contributed by atoms with Crippen molar-refractivity contribution >= 4 is 0 Å². The van der Waals surface area contributed by atoms with Crippen LogP contribution in [0.15, 0.2) is 0 Å². The van der Waals surface area contributed by atoms with Crippen LogP contribution in [0, 0.1) is 0 Å². The van der Waals surface area contributed by atoms with Gasteiger partial charge in [-0.25, -0.2) is 0 Å². The molecule has 7 heteroatoms. The van der Waals surface area contributed by atoms with Crippen molar-refractivity contribution in [1.82, 2.24) is 0 Å². The van der Waals surface area contributed by atoms with Crippen molar-refractivity contribution in [3.05, 3.63) is 0 Å². The first-order valence-corrected chi connectivity index (χ1v) is 11.7. The first kappa shape index (κ1) is 29.7. The Hall–Kier alpha value is -0.280. The van der Waals surface area contributed by atoms with E-state index in [0.717, 1.165) is 25.9 Å². The molecule has 0 N–H and O–H groups in total. The molecule has 0 rings (SSSR count). The largest absolute Gasteiger partial charge is 0.379 e. The van der Waals surface area contributed by atoms with Crippen LogP contribution in [0.3, 0.4) is 0 Å². The summed E-state index contributed by atoms with van der Waals surface area (Å²) >= 11 is 0. The van der Waals surface area contributed by atoms with Crippen molar-refractivity contribution in [1.29, 1.82) is 0 Å². The van der Waals surface area contributed by atoms with Crippen molar-refractivity contribution in [2.75, 3.05) is 66.1 Å². The monoisotopic (exact) mass is 436 g/mol. The summed E-state index contributed by atoms with van der Waals surface area (Å²) in [5, 5.41) is 0. The zero-order valence-electron chi connectivity index (χ0n) is 20.4. The highest BCUT2D eigenvalue weighted by atomic mass is 16.6. The molecule has 0 fully saturated rings. The van der Waals surface area contributed by atoms with Gasteiger partial charge in [-0.2, -0.15) is 0 Å². The van der Waals surface area contributed by atoms with Gasteiger partial charge >= 0.3 is 0 Å². The molecular weight excluding hydrogens is 388 g/mol. The predicted molar refractivity (Wildman–Crippen MR) is 119 cm³/mol. The van der Waals surface area contributed by atoms with Crippen LogP contribution in [0.5, 0.6) is 0 Å². The quantitative estimate of drug-likeness (QED) is 0.225. The lowest BCUT2D eigenvalue weighted by Crippen LogP contribution is -2.29. The Morgan fingerprint density at radius 2 is 1.00 bits per heavy atom. The van der Waals surface area contributed by atoms with Gasteiger partial charge in [-0.1, -0.05) is 6.92 Å². The molecule has 0 aromatic carbocycles. The van der Waals surface area contributed by atoms with E-state index in [-0.39, 0.29) is 24.4 Å². The van der Waals surface area contributed by atoms with E-state index in [9.17, 15) is 0 Å². The van der Waals surface area contributed by atoms with Gasteiger partial charge in [-0.3, -0.25) is 0 Å². The van der Waals surface area contributed by atoms with E-state index in [2.05, 4.69) is 13.8 Å². The Kier molecular flexibility index (Phi) is 21.7. The lowest BCUT2D eigenvalue weighted by atomic mass is 10.0. The highest BCUT2D eigenvalue weighted by molar-refractivity contribution is 4.69. The van der Waals surface area contributed by atoms with E-state index in [1.54, 1.807) is 0 Å². The van der Waals surface area contributed by atoms with E-state index in [4.69, 9.17) is 33.2 Å². The van der Waals surface area contributed by atoms with Crippen LogP contribution in [-0.4, -0.2) is 90.5 Å². The fourth-order valence-electron chi connectivity index (χ4n) is 2.91. The third-order valence-corrected chi connectivity index (χ3v) is 4.46. The summed E-state index contributed by atoms with van der Waals surface area (Å²) in [6.07, 6.45) is 3.11. The van der Waals surface area contributed by atoms with Crippen molar-refractivity contribution in [3.63, 3.8) is 0 Å². The molecule has 3 atom stereocenters. The number of rotatable bonds is 23. The lowest BCUT2D eigenvalue weighted by molar-refractivity contribution is -0.0717. The third-order valence-electron chi connectivity index (χ3n) is 4.46. The Bertz CT molecular complexity index is 342. The van der Waals surface area contributed by atoms with Gasteiger partial charge in [0.25, 0.3) is 0 Å². The molecule has 0 amide bonds. The summed E-state index contributed by atoms with van der Waals surface area (Å²) in [6, 6.07) is 0. The van der Waals surface area contributed by atoms with Crippen molar-refractivity contribution in [2.24, 2.45) is 0 Å². The van der Waals surface area contributed by atoms with E-state index in [1.807, 2.05) is 27.7 Å². The molecule has 0 radical (unpaired) electrons.